The number of carbonyl (C=O) groups is 1. The monoisotopic (exact) mass is 268 g/mol. The normalized spacial score (nSPS) is 10.6. The predicted molar refractivity (Wildman–Crippen MR) is 74.4 cm³/mol. The van der Waals surface area contributed by atoms with Crippen molar-refractivity contribution in [3.63, 3.8) is 0 Å². The van der Waals surface area contributed by atoms with E-state index in [1.807, 2.05) is 24.3 Å². The van der Waals surface area contributed by atoms with Crippen LogP contribution in [0.3, 0.4) is 0 Å². The van der Waals surface area contributed by atoms with Gasteiger partial charge in [0.1, 0.15) is 5.69 Å². The zero-order chi connectivity index (χ0) is 13.2. The Hall–Kier alpha value is -2.26. The Bertz CT molecular complexity index is 765. The minimum Gasteiger partial charge on any atom is -0.287 e. The van der Waals surface area contributed by atoms with Crippen LogP contribution in [0.15, 0.2) is 54.9 Å². The number of rotatable bonds is 2. The van der Waals surface area contributed by atoms with Crippen LogP contribution in [-0.2, 0) is 0 Å². The van der Waals surface area contributed by atoms with Gasteiger partial charge in [0.05, 0.1) is 16.1 Å². The fraction of sp³-hybridized carbons (Fsp3) is 0. The van der Waals surface area contributed by atoms with E-state index in [1.54, 1.807) is 30.6 Å². The molecule has 0 aliphatic carbocycles. The highest BCUT2D eigenvalue weighted by Crippen LogP contribution is 2.21. The summed E-state index contributed by atoms with van der Waals surface area (Å²) in [6.45, 7) is 0. The first-order valence-electron chi connectivity index (χ1n) is 5.76. The van der Waals surface area contributed by atoms with Crippen molar-refractivity contribution in [2.75, 3.05) is 0 Å². The maximum absolute atomic E-state index is 12.5. The standard InChI is InChI=1S/C15H9ClN2O/c16-12-7-3-9-18-14(12)15(19)11-6-1-4-10-5-2-8-17-13(10)11/h1-9H. The lowest BCUT2D eigenvalue weighted by Gasteiger charge is -2.05. The molecule has 0 fully saturated rings. The lowest BCUT2D eigenvalue weighted by Crippen LogP contribution is -2.06. The number of nitrogens with zero attached hydrogens (tertiary/aromatic N) is 2. The molecule has 0 N–H and O–H groups in total. The highest BCUT2D eigenvalue weighted by atomic mass is 35.5. The highest BCUT2D eigenvalue weighted by molar-refractivity contribution is 6.35. The van der Waals surface area contributed by atoms with Crippen LogP contribution in [0.4, 0.5) is 0 Å². The van der Waals surface area contributed by atoms with Gasteiger partial charge in [0.2, 0.25) is 5.78 Å². The van der Waals surface area contributed by atoms with Gasteiger partial charge in [-0.2, -0.15) is 0 Å². The Morgan fingerprint density at radius 1 is 0.947 bits per heavy atom. The average Bonchev–Trinajstić information content (AvgIpc) is 2.46. The largest absolute Gasteiger partial charge is 0.287 e. The number of fused-ring (bicyclic) bond motifs is 1. The summed E-state index contributed by atoms with van der Waals surface area (Å²) in [6, 6.07) is 12.6. The van der Waals surface area contributed by atoms with Crippen LogP contribution >= 0.6 is 11.6 Å². The molecule has 0 saturated heterocycles. The molecular formula is C15H9ClN2O. The Balaban J connectivity index is 2.20. The zero-order valence-electron chi connectivity index (χ0n) is 9.88. The Labute approximate surface area is 114 Å². The van der Waals surface area contributed by atoms with Gasteiger partial charge in [-0.3, -0.25) is 14.8 Å². The van der Waals surface area contributed by atoms with Gasteiger partial charge < -0.3 is 0 Å². The number of aromatic nitrogens is 2. The summed E-state index contributed by atoms with van der Waals surface area (Å²) in [7, 11) is 0. The van der Waals surface area contributed by atoms with Gasteiger partial charge in [-0.25, -0.2) is 0 Å². The summed E-state index contributed by atoms with van der Waals surface area (Å²) in [5.74, 6) is -0.213. The first-order valence-corrected chi connectivity index (χ1v) is 6.14. The fourth-order valence-corrected chi connectivity index (χ4v) is 2.18. The van der Waals surface area contributed by atoms with E-state index in [1.165, 1.54) is 0 Å². The van der Waals surface area contributed by atoms with Crippen LogP contribution in [0, 0.1) is 0 Å². The predicted octanol–water partition coefficient (Wildman–Crippen LogP) is 3.51. The zero-order valence-corrected chi connectivity index (χ0v) is 10.6. The van der Waals surface area contributed by atoms with Gasteiger partial charge in [0.25, 0.3) is 0 Å². The molecule has 3 nitrogen and oxygen atoms in total. The van der Waals surface area contributed by atoms with Crippen LogP contribution in [0.25, 0.3) is 10.9 Å². The summed E-state index contributed by atoms with van der Waals surface area (Å²) in [4.78, 5) is 20.8. The number of ketones is 1. The third-order valence-electron chi connectivity index (χ3n) is 2.85. The van der Waals surface area contributed by atoms with E-state index in [-0.39, 0.29) is 11.5 Å². The molecule has 1 aromatic carbocycles. The summed E-state index contributed by atoms with van der Waals surface area (Å²) in [6.07, 6.45) is 3.22. The second-order valence-corrected chi connectivity index (χ2v) is 4.45. The second-order valence-electron chi connectivity index (χ2n) is 4.04. The maximum Gasteiger partial charge on any atom is 0.215 e. The topological polar surface area (TPSA) is 42.9 Å². The van der Waals surface area contributed by atoms with E-state index < -0.39 is 0 Å². The first-order chi connectivity index (χ1) is 9.27. The molecule has 0 aliphatic rings. The van der Waals surface area contributed by atoms with Gasteiger partial charge >= 0.3 is 0 Å². The van der Waals surface area contributed by atoms with Gasteiger partial charge in [-0.15, -0.1) is 0 Å². The van der Waals surface area contributed by atoms with E-state index in [0.717, 1.165) is 5.39 Å². The van der Waals surface area contributed by atoms with Gasteiger partial charge in [-0.05, 0) is 24.3 Å². The van der Waals surface area contributed by atoms with Crippen LogP contribution in [-0.4, -0.2) is 15.8 Å². The number of hydrogen-bond acceptors (Lipinski definition) is 3. The molecule has 0 amide bonds. The van der Waals surface area contributed by atoms with Crippen molar-refractivity contribution < 1.29 is 4.79 Å². The molecule has 3 rings (SSSR count). The summed E-state index contributed by atoms with van der Waals surface area (Å²) in [5, 5.41) is 1.26. The lowest BCUT2D eigenvalue weighted by atomic mass is 10.0. The smallest absolute Gasteiger partial charge is 0.215 e. The van der Waals surface area contributed by atoms with Crippen molar-refractivity contribution in [2.24, 2.45) is 0 Å². The van der Waals surface area contributed by atoms with E-state index in [9.17, 15) is 4.79 Å². The van der Waals surface area contributed by atoms with Crippen molar-refractivity contribution in [3.8, 4) is 0 Å². The molecule has 3 aromatic rings. The molecule has 0 bridgehead atoms. The highest BCUT2D eigenvalue weighted by Gasteiger charge is 2.16. The van der Waals surface area contributed by atoms with Crippen LogP contribution in [0.5, 0.6) is 0 Å². The van der Waals surface area contributed by atoms with E-state index in [4.69, 9.17) is 11.6 Å². The molecule has 19 heavy (non-hydrogen) atoms. The second kappa shape index (κ2) is 4.78. The van der Waals surface area contributed by atoms with Crippen molar-refractivity contribution in [1.82, 2.24) is 9.97 Å². The molecule has 0 aliphatic heterocycles. The number of halogens is 1. The molecule has 0 unspecified atom stereocenters. The third kappa shape index (κ3) is 2.09. The SMILES string of the molecule is O=C(c1ncccc1Cl)c1cccc2cccnc12. The number of pyridine rings is 2. The fourth-order valence-electron chi connectivity index (χ4n) is 1.97. The summed E-state index contributed by atoms with van der Waals surface area (Å²) >= 11 is 6.02. The Kier molecular flexibility index (Phi) is 2.97. The van der Waals surface area contributed by atoms with Crippen molar-refractivity contribution in [3.05, 3.63) is 71.1 Å². The minimum absolute atomic E-state index is 0.213. The molecule has 2 aromatic heterocycles. The number of hydrogen-bond donors (Lipinski definition) is 0. The minimum atomic E-state index is -0.213. The van der Waals surface area contributed by atoms with E-state index in [0.29, 0.717) is 16.1 Å². The van der Waals surface area contributed by atoms with Gasteiger partial charge in [0.15, 0.2) is 0 Å². The van der Waals surface area contributed by atoms with Crippen LogP contribution in [0.1, 0.15) is 16.1 Å². The molecule has 0 spiro atoms. The first kappa shape index (κ1) is 11.8. The lowest BCUT2D eigenvalue weighted by molar-refractivity contribution is 0.103. The molecule has 0 saturated carbocycles. The van der Waals surface area contributed by atoms with Crippen LogP contribution in [0.2, 0.25) is 5.02 Å². The number of benzene rings is 1. The van der Waals surface area contributed by atoms with Gasteiger partial charge in [0, 0.05) is 17.8 Å². The summed E-state index contributed by atoms with van der Waals surface area (Å²) in [5.41, 5.74) is 1.43. The number of para-hydroxylation sites is 1. The van der Waals surface area contributed by atoms with E-state index in [2.05, 4.69) is 9.97 Å². The maximum atomic E-state index is 12.5. The van der Waals surface area contributed by atoms with Crippen LogP contribution < -0.4 is 0 Å². The Morgan fingerprint density at radius 2 is 1.68 bits per heavy atom. The van der Waals surface area contributed by atoms with Gasteiger partial charge in [-0.1, -0.05) is 29.8 Å². The molecular weight excluding hydrogens is 260 g/mol. The Morgan fingerprint density at radius 3 is 2.53 bits per heavy atom. The average molecular weight is 269 g/mol. The number of carbonyl (C=O) groups excluding carboxylic acids is 1. The summed E-state index contributed by atoms with van der Waals surface area (Å²) < 4.78 is 0. The van der Waals surface area contributed by atoms with Crippen molar-refractivity contribution in [2.45, 2.75) is 0 Å². The van der Waals surface area contributed by atoms with Crippen molar-refractivity contribution in [1.29, 1.82) is 0 Å². The molecule has 92 valence electrons. The molecule has 0 atom stereocenters. The van der Waals surface area contributed by atoms with E-state index >= 15 is 0 Å². The third-order valence-corrected chi connectivity index (χ3v) is 3.16. The van der Waals surface area contributed by atoms with Crippen molar-refractivity contribution >= 4 is 28.3 Å². The molecule has 4 heteroatoms. The molecule has 0 radical (unpaired) electrons. The quantitative estimate of drug-likeness (QED) is 0.668. The molecule has 2 heterocycles.